The fourth-order valence-electron chi connectivity index (χ4n) is 2.69. The molecule has 19 heavy (non-hydrogen) atoms. The summed E-state index contributed by atoms with van der Waals surface area (Å²) in [5.74, 6) is 0.274. The van der Waals surface area contributed by atoms with E-state index in [9.17, 15) is 13.9 Å². The maximum Gasteiger partial charge on any atom is 0.387 e. The Morgan fingerprint density at radius 2 is 1.95 bits per heavy atom. The first kappa shape index (κ1) is 14.2. The second kappa shape index (κ2) is 6.30. The van der Waals surface area contributed by atoms with Crippen molar-refractivity contribution < 1.29 is 18.6 Å². The quantitative estimate of drug-likeness (QED) is 0.865. The molecule has 1 saturated carbocycles. The minimum absolute atomic E-state index is 0.0709. The highest BCUT2D eigenvalue weighted by molar-refractivity contribution is 5.31. The molecule has 2 atom stereocenters. The van der Waals surface area contributed by atoms with Gasteiger partial charge in [-0.25, -0.2) is 0 Å². The van der Waals surface area contributed by atoms with Gasteiger partial charge in [0.1, 0.15) is 5.75 Å². The summed E-state index contributed by atoms with van der Waals surface area (Å²) in [4.78, 5) is 0. The Bertz CT molecular complexity index is 408. The molecule has 0 aromatic heterocycles. The van der Waals surface area contributed by atoms with E-state index in [2.05, 4.69) is 4.74 Å². The molecular weight excluding hydrogens is 252 g/mol. The maximum atomic E-state index is 12.2. The van der Waals surface area contributed by atoms with Crippen molar-refractivity contribution in [2.24, 2.45) is 11.7 Å². The van der Waals surface area contributed by atoms with E-state index in [4.69, 9.17) is 5.73 Å². The molecule has 1 aliphatic carbocycles. The number of benzene rings is 1. The van der Waals surface area contributed by atoms with Gasteiger partial charge in [-0.1, -0.05) is 25.0 Å². The number of halogens is 2. The molecule has 3 nitrogen and oxygen atoms in total. The highest BCUT2D eigenvalue weighted by Crippen LogP contribution is 2.33. The summed E-state index contributed by atoms with van der Waals surface area (Å²) in [6.45, 7) is -2.86. The third-order valence-corrected chi connectivity index (χ3v) is 3.72. The van der Waals surface area contributed by atoms with Gasteiger partial charge in [-0.15, -0.1) is 0 Å². The van der Waals surface area contributed by atoms with Crippen LogP contribution >= 0.6 is 0 Å². The van der Waals surface area contributed by atoms with Crippen LogP contribution in [0.5, 0.6) is 5.75 Å². The predicted octanol–water partition coefficient (Wildman–Crippen LogP) is 2.84. The molecule has 3 N–H and O–H groups in total. The molecule has 0 radical (unpaired) electrons. The number of nitrogens with two attached hydrogens (primary N) is 1. The molecule has 0 saturated heterocycles. The van der Waals surface area contributed by atoms with E-state index >= 15 is 0 Å². The molecule has 1 aliphatic rings. The number of hydrogen-bond acceptors (Lipinski definition) is 3. The maximum absolute atomic E-state index is 12.2. The molecule has 0 bridgehead atoms. The molecular formula is C14H19F2NO2. The minimum Gasteiger partial charge on any atom is -0.435 e. The lowest BCUT2D eigenvalue weighted by Crippen LogP contribution is -2.31. The molecule has 1 aromatic rings. The smallest absolute Gasteiger partial charge is 0.387 e. The van der Waals surface area contributed by atoms with E-state index in [0.717, 1.165) is 25.7 Å². The van der Waals surface area contributed by atoms with Crippen molar-refractivity contribution >= 4 is 0 Å². The van der Waals surface area contributed by atoms with Crippen molar-refractivity contribution in [3.05, 3.63) is 29.8 Å². The van der Waals surface area contributed by atoms with Gasteiger partial charge in [0.25, 0.3) is 0 Å². The Morgan fingerprint density at radius 1 is 1.26 bits per heavy atom. The minimum atomic E-state index is -2.86. The largest absolute Gasteiger partial charge is 0.435 e. The third kappa shape index (κ3) is 3.64. The van der Waals surface area contributed by atoms with Crippen LogP contribution in [0.2, 0.25) is 0 Å². The second-order valence-corrected chi connectivity index (χ2v) is 5.01. The summed E-state index contributed by atoms with van der Waals surface area (Å²) in [5, 5.41) is 10.2. The molecule has 106 valence electrons. The van der Waals surface area contributed by atoms with Gasteiger partial charge >= 0.3 is 6.61 Å². The number of rotatable bonds is 5. The SMILES string of the molecule is N[C@H](c1cccc(OC(F)F)c1)[C@@H](O)C1CCCC1. The molecule has 0 heterocycles. The van der Waals surface area contributed by atoms with Gasteiger partial charge in [0.15, 0.2) is 0 Å². The Morgan fingerprint density at radius 3 is 2.58 bits per heavy atom. The number of aliphatic hydroxyl groups is 1. The van der Waals surface area contributed by atoms with E-state index < -0.39 is 18.8 Å². The van der Waals surface area contributed by atoms with E-state index in [-0.39, 0.29) is 11.7 Å². The van der Waals surface area contributed by atoms with Crippen molar-refractivity contribution in [1.29, 1.82) is 0 Å². The van der Waals surface area contributed by atoms with E-state index in [1.807, 2.05) is 0 Å². The Kier molecular flexibility index (Phi) is 4.71. The van der Waals surface area contributed by atoms with Gasteiger partial charge in [0, 0.05) is 0 Å². The first-order valence-electron chi connectivity index (χ1n) is 6.56. The summed E-state index contributed by atoms with van der Waals surface area (Å²) in [6.07, 6.45) is 3.54. The fourth-order valence-corrected chi connectivity index (χ4v) is 2.69. The van der Waals surface area contributed by atoms with Crippen LogP contribution < -0.4 is 10.5 Å². The van der Waals surface area contributed by atoms with E-state index in [1.54, 1.807) is 12.1 Å². The van der Waals surface area contributed by atoms with Crippen LogP contribution in [0.25, 0.3) is 0 Å². The predicted molar refractivity (Wildman–Crippen MR) is 68.0 cm³/mol. The topological polar surface area (TPSA) is 55.5 Å². The first-order chi connectivity index (χ1) is 9.08. The summed E-state index contributed by atoms with van der Waals surface area (Å²) < 4.78 is 28.6. The number of aliphatic hydroxyl groups excluding tert-OH is 1. The number of alkyl halides is 2. The standard InChI is InChI=1S/C14H19F2NO2/c15-14(16)19-11-7-3-6-10(8-11)12(17)13(18)9-4-1-2-5-9/h3,6-9,12-14,18H,1-2,4-5,17H2/t12-,13+/m1/s1. The summed E-state index contributed by atoms with van der Waals surface area (Å²) >= 11 is 0. The Hall–Kier alpha value is -1.20. The van der Waals surface area contributed by atoms with Crippen LogP contribution in [0.1, 0.15) is 37.3 Å². The summed E-state index contributed by atoms with van der Waals surface area (Å²) in [5.41, 5.74) is 6.65. The van der Waals surface area contributed by atoms with Crippen LogP contribution in [0.4, 0.5) is 8.78 Å². The van der Waals surface area contributed by atoms with Crippen molar-refractivity contribution in [1.82, 2.24) is 0 Å². The first-order valence-corrected chi connectivity index (χ1v) is 6.56. The molecule has 0 aliphatic heterocycles. The lowest BCUT2D eigenvalue weighted by molar-refractivity contribution is -0.0499. The third-order valence-electron chi connectivity index (χ3n) is 3.72. The second-order valence-electron chi connectivity index (χ2n) is 5.01. The van der Waals surface area contributed by atoms with Gasteiger partial charge in [0.05, 0.1) is 12.1 Å². The zero-order chi connectivity index (χ0) is 13.8. The molecule has 0 amide bonds. The van der Waals surface area contributed by atoms with Crippen LogP contribution in [0, 0.1) is 5.92 Å². The summed E-state index contributed by atoms with van der Waals surface area (Å²) in [6, 6.07) is 5.68. The van der Waals surface area contributed by atoms with Gasteiger partial charge < -0.3 is 15.6 Å². The zero-order valence-corrected chi connectivity index (χ0v) is 10.6. The van der Waals surface area contributed by atoms with Gasteiger partial charge in [-0.05, 0) is 36.5 Å². The van der Waals surface area contributed by atoms with Gasteiger partial charge in [0.2, 0.25) is 0 Å². The van der Waals surface area contributed by atoms with Crippen LogP contribution in [-0.4, -0.2) is 17.8 Å². The average molecular weight is 271 g/mol. The van der Waals surface area contributed by atoms with Crippen molar-refractivity contribution in [2.75, 3.05) is 0 Å². The van der Waals surface area contributed by atoms with Gasteiger partial charge in [-0.2, -0.15) is 8.78 Å². The Balaban J connectivity index is 2.07. The van der Waals surface area contributed by atoms with Crippen LogP contribution in [-0.2, 0) is 0 Å². The van der Waals surface area contributed by atoms with Crippen molar-refractivity contribution in [3.63, 3.8) is 0 Å². The molecule has 2 rings (SSSR count). The molecule has 1 aromatic carbocycles. The van der Waals surface area contributed by atoms with Crippen molar-refractivity contribution in [2.45, 2.75) is 44.4 Å². The lowest BCUT2D eigenvalue weighted by atomic mass is 9.91. The highest BCUT2D eigenvalue weighted by Gasteiger charge is 2.28. The van der Waals surface area contributed by atoms with Crippen LogP contribution in [0.3, 0.4) is 0 Å². The van der Waals surface area contributed by atoms with Crippen molar-refractivity contribution in [3.8, 4) is 5.75 Å². The lowest BCUT2D eigenvalue weighted by Gasteiger charge is -2.24. The molecule has 5 heteroatoms. The number of ether oxygens (including phenoxy) is 1. The normalized spacial score (nSPS) is 19.6. The summed E-state index contributed by atoms with van der Waals surface area (Å²) in [7, 11) is 0. The highest BCUT2D eigenvalue weighted by atomic mass is 19.3. The fraction of sp³-hybridized carbons (Fsp3) is 0.571. The zero-order valence-electron chi connectivity index (χ0n) is 10.6. The molecule has 0 unspecified atom stereocenters. The van der Waals surface area contributed by atoms with E-state index in [0.29, 0.717) is 5.56 Å². The van der Waals surface area contributed by atoms with Gasteiger partial charge in [-0.3, -0.25) is 0 Å². The van der Waals surface area contributed by atoms with Crippen LogP contribution in [0.15, 0.2) is 24.3 Å². The Labute approximate surface area is 111 Å². The average Bonchev–Trinajstić information content (AvgIpc) is 2.90. The number of hydrogen-bond donors (Lipinski definition) is 2. The van der Waals surface area contributed by atoms with E-state index in [1.165, 1.54) is 12.1 Å². The molecule has 0 spiro atoms. The monoisotopic (exact) mass is 271 g/mol. The molecule has 1 fully saturated rings.